The lowest BCUT2D eigenvalue weighted by Gasteiger charge is -2.28. The molecular weight excluding hydrogens is 534 g/mol. The molecule has 1 heterocycles. The normalized spacial score (nSPS) is 19.2. The molecule has 1 saturated carbocycles. The first kappa shape index (κ1) is 29.4. The number of imidazole rings is 1. The van der Waals surface area contributed by atoms with Gasteiger partial charge < -0.3 is 5.32 Å². The summed E-state index contributed by atoms with van der Waals surface area (Å²) in [5, 5.41) is 2.44. The fraction of sp³-hybridized carbons (Fsp3) is 0.600. The molecule has 0 atom stereocenters. The van der Waals surface area contributed by atoms with E-state index in [1.807, 2.05) is 0 Å². The lowest BCUT2D eigenvalue weighted by atomic mass is 9.85. The first-order valence-corrected chi connectivity index (χ1v) is 14.5. The number of hydrogen-bond acceptors (Lipinski definition) is 4. The van der Waals surface area contributed by atoms with Gasteiger partial charge in [0.1, 0.15) is 26.6 Å². The summed E-state index contributed by atoms with van der Waals surface area (Å²) < 4.78 is 79.5. The van der Waals surface area contributed by atoms with Crippen LogP contribution in [0.3, 0.4) is 0 Å². The number of aromatic nitrogens is 2. The maximum absolute atomic E-state index is 14.9. The Kier molecular flexibility index (Phi) is 8.68. The second-order valence-electron chi connectivity index (χ2n) is 10.4. The molecule has 0 bridgehead atoms. The summed E-state index contributed by atoms with van der Waals surface area (Å²) in [7, 11) is -3.08. The molecule has 1 N–H and O–H groups in total. The Balaban J connectivity index is 1.75. The van der Waals surface area contributed by atoms with Crippen molar-refractivity contribution in [2.75, 3.05) is 12.8 Å². The Morgan fingerprint density at radius 2 is 1.81 bits per heavy atom. The van der Waals surface area contributed by atoms with Crippen LogP contribution in [-0.4, -0.2) is 48.1 Å². The minimum atomic E-state index is -4.49. The van der Waals surface area contributed by atoms with Crippen LogP contribution in [-0.2, 0) is 22.7 Å². The fourth-order valence-corrected chi connectivity index (χ4v) is 6.02. The number of aryl methyl sites for hydroxylation is 1. The number of nitrogens with zero attached hydrogens (tertiary/aromatic N) is 2. The molecular formula is C25H32ClF4N3O3S. The molecule has 1 amide bonds. The van der Waals surface area contributed by atoms with Crippen LogP contribution in [0.15, 0.2) is 18.2 Å². The highest BCUT2D eigenvalue weighted by molar-refractivity contribution is 7.91. The minimum Gasteiger partial charge on any atom is -0.350 e. The van der Waals surface area contributed by atoms with Crippen molar-refractivity contribution in [3.05, 3.63) is 46.3 Å². The molecule has 6 nitrogen and oxygen atoms in total. The van der Waals surface area contributed by atoms with Crippen LogP contribution < -0.4 is 5.32 Å². The molecule has 206 valence electrons. The Morgan fingerprint density at radius 1 is 1.19 bits per heavy atom. The zero-order valence-corrected chi connectivity index (χ0v) is 22.8. The van der Waals surface area contributed by atoms with Crippen molar-refractivity contribution in [1.29, 1.82) is 0 Å². The Labute approximate surface area is 219 Å². The molecule has 0 spiro atoms. The number of hydrogen-bond donors (Lipinski definition) is 1. The maximum atomic E-state index is 14.9. The van der Waals surface area contributed by atoms with E-state index in [4.69, 9.17) is 11.6 Å². The van der Waals surface area contributed by atoms with Gasteiger partial charge in [-0.15, -0.1) is 0 Å². The predicted octanol–water partition coefficient (Wildman–Crippen LogP) is 5.69. The third-order valence-corrected chi connectivity index (χ3v) is 9.10. The van der Waals surface area contributed by atoms with E-state index in [1.54, 1.807) is 6.92 Å². The summed E-state index contributed by atoms with van der Waals surface area (Å²) >= 11 is 6.49. The van der Waals surface area contributed by atoms with Gasteiger partial charge in [0.25, 0.3) is 5.91 Å². The van der Waals surface area contributed by atoms with E-state index in [0.717, 1.165) is 19.9 Å². The van der Waals surface area contributed by atoms with E-state index in [-0.39, 0.29) is 33.3 Å². The van der Waals surface area contributed by atoms with Crippen LogP contribution in [0.4, 0.5) is 17.6 Å². The number of nitrogens with one attached hydrogen (secondary N) is 1. The highest BCUT2D eigenvalue weighted by Gasteiger charge is 2.47. The van der Waals surface area contributed by atoms with Crippen molar-refractivity contribution >= 4 is 27.3 Å². The van der Waals surface area contributed by atoms with E-state index in [9.17, 15) is 30.8 Å². The molecule has 1 aliphatic carbocycles. The number of sulfone groups is 1. The topological polar surface area (TPSA) is 81.1 Å². The molecule has 2 aromatic rings. The van der Waals surface area contributed by atoms with Gasteiger partial charge >= 0.3 is 6.18 Å². The van der Waals surface area contributed by atoms with Gasteiger partial charge in [0.15, 0.2) is 5.69 Å². The van der Waals surface area contributed by atoms with Crippen LogP contribution >= 0.6 is 11.6 Å². The van der Waals surface area contributed by atoms with Crippen LogP contribution in [0.5, 0.6) is 0 Å². The predicted molar refractivity (Wildman–Crippen MR) is 134 cm³/mol. The van der Waals surface area contributed by atoms with Crippen molar-refractivity contribution in [1.82, 2.24) is 14.9 Å². The molecule has 1 aliphatic rings. The number of rotatable bonds is 8. The molecule has 1 aromatic carbocycles. The number of halogens is 5. The van der Waals surface area contributed by atoms with E-state index in [2.05, 4.69) is 10.3 Å². The summed E-state index contributed by atoms with van der Waals surface area (Å²) in [5.74, 6) is -0.785. The standard InChI is InChI=1S/C25H32ClF4N3O3S/c1-5-20-32-21(23(34)31-14-15-6-10-18(11-7-15)37(4,35)36)22(26)33(20)17-9-8-16(19(27)12-17)13-24(2,3)25(28,29)30/h8-9,12,15,18H,5-7,10-11,13-14H2,1-4H3,(H,31,34). The smallest absolute Gasteiger partial charge is 0.350 e. The van der Waals surface area contributed by atoms with Gasteiger partial charge in [-0.05, 0) is 55.7 Å². The Hall–Kier alpha value is -2.14. The van der Waals surface area contributed by atoms with E-state index >= 15 is 0 Å². The molecule has 0 radical (unpaired) electrons. The number of amides is 1. The molecule has 1 aromatic heterocycles. The summed E-state index contributed by atoms with van der Waals surface area (Å²) in [6, 6.07) is 3.84. The van der Waals surface area contributed by atoms with Crippen molar-refractivity contribution in [3.8, 4) is 5.69 Å². The van der Waals surface area contributed by atoms with Crippen LogP contribution in [0, 0.1) is 17.2 Å². The minimum absolute atomic E-state index is 0.0297. The monoisotopic (exact) mass is 565 g/mol. The van der Waals surface area contributed by atoms with Crippen molar-refractivity contribution in [2.24, 2.45) is 11.3 Å². The fourth-order valence-electron chi connectivity index (χ4n) is 4.57. The molecule has 0 unspecified atom stereocenters. The van der Waals surface area contributed by atoms with Gasteiger partial charge in [-0.3, -0.25) is 9.36 Å². The maximum Gasteiger partial charge on any atom is 0.394 e. The van der Waals surface area contributed by atoms with Gasteiger partial charge in [-0.25, -0.2) is 17.8 Å². The van der Waals surface area contributed by atoms with Gasteiger partial charge in [0, 0.05) is 19.2 Å². The molecule has 0 saturated heterocycles. The first-order valence-electron chi connectivity index (χ1n) is 12.1. The van der Waals surface area contributed by atoms with Gasteiger partial charge in [-0.2, -0.15) is 13.2 Å². The highest BCUT2D eigenvalue weighted by atomic mass is 35.5. The zero-order valence-electron chi connectivity index (χ0n) is 21.3. The van der Waals surface area contributed by atoms with Crippen LogP contribution in [0.2, 0.25) is 5.15 Å². The third kappa shape index (κ3) is 6.66. The van der Waals surface area contributed by atoms with Gasteiger partial charge in [0.2, 0.25) is 0 Å². The Bertz CT molecular complexity index is 1250. The SMILES string of the molecule is CCc1nc(C(=O)NCC2CCC(S(C)(=O)=O)CC2)c(Cl)n1-c1ccc(CC(C)(C)C(F)(F)F)c(F)c1. The number of carbonyl (C=O) groups excluding carboxylic acids is 1. The second-order valence-corrected chi connectivity index (χ2v) is 13.1. The third-order valence-electron chi connectivity index (χ3n) is 7.07. The lowest BCUT2D eigenvalue weighted by molar-refractivity contribution is -0.211. The van der Waals surface area contributed by atoms with E-state index in [1.165, 1.54) is 23.0 Å². The van der Waals surface area contributed by atoms with Crippen molar-refractivity contribution in [2.45, 2.75) is 70.7 Å². The molecule has 3 rings (SSSR count). The Morgan fingerprint density at radius 3 is 2.32 bits per heavy atom. The van der Waals surface area contributed by atoms with Crippen LogP contribution in [0.1, 0.15) is 68.3 Å². The largest absolute Gasteiger partial charge is 0.394 e. The molecule has 0 aliphatic heterocycles. The summed E-state index contributed by atoms with van der Waals surface area (Å²) in [5.41, 5.74) is -1.97. The average molecular weight is 566 g/mol. The van der Waals surface area contributed by atoms with E-state index < -0.39 is 39.6 Å². The van der Waals surface area contributed by atoms with Gasteiger partial charge in [-0.1, -0.05) is 38.4 Å². The summed E-state index contributed by atoms with van der Waals surface area (Å²) in [6.07, 6.45) is -0.947. The van der Waals surface area contributed by atoms with Gasteiger partial charge in [0.05, 0.1) is 16.4 Å². The number of carbonyl (C=O) groups is 1. The average Bonchev–Trinajstić information content (AvgIpc) is 3.14. The van der Waals surface area contributed by atoms with E-state index in [0.29, 0.717) is 44.5 Å². The number of alkyl halides is 3. The van der Waals surface area contributed by atoms with Crippen molar-refractivity contribution < 1.29 is 30.8 Å². The quantitative estimate of drug-likeness (QED) is 0.417. The second kappa shape index (κ2) is 10.9. The summed E-state index contributed by atoms with van der Waals surface area (Å²) in [4.78, 5) is 17.2. The number of benzene rings is 1. The molecule has 37 heavy (non-hydrogen) atoms. The van der Waals surface area contributed by atoms with Crippen molar-refractivity contribution in [3.63, 3.8) is 0 Å². The first-order chi connectivity index (χ1) is 17.0. The molecule has 12 heteroatoms. The molecule has 1 fully saturated rings. The lowest BCUT2D eigenvalue weighted by Crippen LogP contribution is -2.34. The van der Waals surface area contributed by atoms with Crippen LogP contribution in [0.25, 0.3) is 5.69 Å². The summed E-state index contributed by atoms with van der Waals surface area (Å²) in [6.45, 7) is 4.17. The zero-order chi connectivity index (χ0) is 27.8. The highest BCUT2D eigenvalue weighted by Crippen LogP contribution is 2.40.